The molecule has 3 aromatic rings. The molecule has 3 rings (SSSR count). The molecular weight excluding hydrogens is 322 g/mol. The van der Waals surface area contributed by atoms with Crippen molar-refractivity contribution >= 4 is 33.9 Å². The molecule has 0 atom stereocenters. The average molecular weight is 341 g/mol. The fraction of sp³-hybridized carbons (Fsp3) is 0.211. The fourth-order valence-electron chi connectivity index (χ4n) is 2.70. The van der Waals surface area contributed by atoms with Crippen LogP contribution in [-0.2, 0) is 0 Å². The number of aryl methyl sites for hydroxylation is 2. The van der Waals surface area contributed by atoms with E-state index < -0.39 is 0 Å². The van der Waals surface area contributed by atoms with Crippen LogP contribution >= 0.6 is 12.2 Å². The number of hydrogen-bond donors (Lipinski definition) is 1. The van der Waals surface area contributed by atoms with E-state index in [4.69, 9.17) is 26.1 Å². The van der Waals surface area contributed by atoms with E-state index in [-0.39, 0.29) is 0 Å². The van der Waals surface area contributed by atoms with Crippen molar-refractivity contribution in [3.63, 3.8) is 0 Å². The van der Waals surface area contributed by atoms with Crippen LogP contribution in [-0.4, -0.2) is 19.2 Å². The third kappa shape index (κ3) is 3.08. The summed E-state index contributed by atoms with van der Waals surface area (Å²) in [4.78, 5) is 0.495. The van der Waals surface area contributed by atoms with E-state index in [0.717, 1.165) is 28.0 Å². The Bertz CT molecular complexity index is 914. The maximum absolute atomic E-state index is 5.92. The molecule has 0 fully saturated rings. The van der Waals surface area contributed by atoms with Crippen LogP contribution in [0.3, 0.4) is 0 Å². The van der Waals surface area contributed by atoms with Crippen LogP contribution in [0.25, 0.3) is 11.0 Å². The van der Waals surface area contributed by atoms with Crippen LogP contribution in [0.4, 0.5) is 5.69 Å². The van der Waals surface area contributed by atoms with Gasteiger partial charge in [-0.2, -0.15) is 0 Å². The summed E-state index contributed by atoms with van der Waals surface area (Å²) in [6.07, 6.45) is 0. The van der Waals surface area contributed by atoms with E-state index in [1.165, 1.54) is 5.56 Å². The first kappa shape index (κ1) is 16.3. The average Bonchev–Trinajstić information content (AvgIpc) is 2.99. The summed E-state index contributed by atoms with van der Waals surface area (Å²) >= 11 is 5.51. The molecule has 2 aromatic carbocycles. The van der Waals surface area contributed by atoms with Crippen LogP contribution in [0.15, 0.2) is 40.8 Å². The van der Waals surface area contributed by atoms with Gasteiger partial charge < -0.3 is 19.2 Å². The highest BCUT2D eigenvalue weighted by molar-refractivity contribution is 7.81. The van der Waals surface area contributed by atoms with Crippen LogP contribution < -0.4 is 14.8 Å². The Labute approximate surface area is 146 Å². The molecular formula is C19H19NO3S. The minimum atomic E-state index is 0.495. The molecule has 0 aliphatic heterocycles. The van der Waals surface area contributed by atoms with Gasteiger partial charge >= 0.3 is 0 Å². The van der Waals surface area contributed by atoms with Crippen molar-refractivity contribution in [1.82, 2.24) is 0 Å². The molecule has 24 heavy (non-hydrogen) atoms. The van der Waals surface area contributed by atoms with E-state index in [1.807, 2.05) is 37.3 Å². The summed E-state index contributed by atoms with van der Waals surface area (Å²) in [6, 6.07) is 11.6. The summed E-state index contributed by atoms with van der Waals surface area (Å²) in [5.74, 6) is 2.03. The molecule has 0 aliphatic rings. The van der Waals surface area contributed by atoms with Gasteiger partial charge in [-0.15, -0.1) is 0 Å². The quantitative estimate of drug-likeness (QED) is 0.687. The van der Waals surface area contributed by atoms with Gasteiger partial charge in [-0.3, -0.25) is 0 Å². The predicted molar refractivity (Wildman–Crippen MR) is 101 cm³/mol. The number of ether oxygens (including phenoxy) is 2. The summed E-state index contributed by atoms with van der Waals surface area (Å²) in [6.45, 7) is 4.11. The van der Waals surface area contributed by atoms with E-state index >= 15 is 0 Å². The molecule has 0 saturated carbocycles. The van der Waals surface area contributed by atoms with Crippen molar-refractivity contribution in [3.05, 3.63) is 53.3 Å². The van der Waals surface area contributed by atoms with E-state index in [9.17, 15) is 0 Å². The largest absolute Gasteiger partial charge is 0.497 e. The van der Waals surface area contributed by atoms with Gasteiger partial charge in [0.05, 0.1) is 19.9 Å². The maximum atomic E-state index is 5.92. The van der Waals surface area contributed by atoms with Gasteiger partial charge in [-0.25, -0.2) is 0 Å². The maximum Gasteiger partial charge on any atom is 0.162 e. The zero-order valence-electron chi connectivity index (χ0n) is 14.1. The predicted octanol–water partition coefficient (Wildman–Crippen LogP) is 4.85. The number of thiocarbonyl (C=S) groups is 1. The Kier molecular flexibility index (Phi) is 4.44. The first-order valence-electron chi connectivity index (χ1n) is 7.56. The molecule has 0 amide bonds. The number of anilines is 1. The fourth-order valence-corrected chi connectivity index (χ4v) is 2.91. The number of fused-ring (bicyclic) bond motifs is 1. The van der Waals surface area contributed by atoms with Crippen LogP contribution in [0.1, 0.15) is 16.9 Å². The van der Waals surface area contributed by atoms with Crippen LogP contribution in [0.2, 0.25) is 0 Å². The lowest BCUT2D eigenvalue weighted by atomic mass is 10.1. The highest BCUT2D eigenvalue weighted by Gasteiger charge is 2.13. The monoisotopic (exact) mass is 341 g/mol. The normalized spacial score (nSPS) is 10.7. The minimum absolute atomic E-state index is 0.495. The summed E-state index contributed by atoms with van der Waals surface area (Å²) in [5, 5.41) is 4.25. The number of hydrogen-bond acceptors (Lipinski definition) is 4. The molecule has 0 radical (unpaired) electrons. The van der Waals surface area contributed by atoms with E-state index in [1.54, 1.807) is 14.2 Å². The lowest BCUT2D eigenvalue weighted by Crippen LogP contribution is -2.10. The zero-order valence-corrected chi connectivity index (χ0v) is 14.9. The standard InChI is InChI=1S/C19H19NO3S/c1-11-7-12(2)14-10-18(23-17(14)8-11)19(24)20-15-9-13(21-3)5-6-16(15)22-4/h5-10H,1-4H3,(H,20,24). The molecule has 1 aromatic heterocycles. The molecule has 0 spiro atoms. The number of rotatable bonds is 4. The SMILES string of the molecule is COc1ccc(OC)c(NC(=S)c2cc3c(C)cc(C)cc3o2)c1. The lowest BCUT2D eigenvalue weighted by molar-refractivity contribution is 0.405. The van der Waals surface area contributed by atoms with Crippen molar-refractivity contribution in [3.8, 4) is 11.5 Å². The number of nitrogens with one attached hydrogen (secondary N) is 1. The van der Waals surface area contributed by atoms with Crippen molar-refractivity contribution in [2.24, 2.45) is 0 Å². The second-order valence-corrected chi connectivity index (χ2v) is 6.03. The molecule has 1 N–H and O–H groups in total. The molecule has 0 saturated heterocycles. The topological polar surface area (TPSA) is 43.6 Å². The first-order valence-corrected chi connectivity index (χ1v) is 7.97. The van der Waals surface area contributed by atoms with Crippen LogP contribution in [0, 0.1) is 13.8 Å². The Morgan fingerprint density at radius 1 is 1.04 bits per heavy atom. The van der Waals surface area contributed by atoms with E-state index in [0.29, 0.717) is 16.5 Å². The third-order valence-corrected chi connectivity index (χ3v) is 4.17. The van der Waals surface area contributed by atoms with Gasteiger partial charge in [-0.05, 0) is 49.2 Å². The first-order chi connectivity index (χ1) is 11.5. The zero-order chi connectivity index (χ0) is 17.3. The molecule has 0 aliphatic carbocycles. The smallest absolute Gasteiger partial charge is 0.162 e. The van der Waals surface area contributed by atoms with Gasteiger partial charge in [0.2, 0.25) is 0 Å². The van der Waals surface area contributed by atoms with Crippen molar-refractivity contribution in [1.29, 1.82) is 0 Å². The van der Waals surface area contributed by atoms with Crippen molar-refractivity contribution in [2.75, 3.05) is 19.5 Å². The van der Waals surface area contributed by atoms with Gasteiger partial charge in [0.15, 0.2) is 5.76 Å². The molecule has 0 bridgehead atoms. The Balaban J connectivity index is 1.94. The molecule has 0 unspecified atom stereocenters. The molecule has 4 nitrogen and oxygen atoms in total. The number of methoxy groups -OCH3 is 2. The Morgan fingerprint density at radius 3 is 2.54 bits per heavy atom. The Morgan fingerprint density at radius 2 is 1.83 bits per heavy atom. The van der Waals surface area contributed by atoms with E-state index in [2.05, 4.69) is 18.3 Å². The molecule has 5 heteroatoms. The summed E-state index contributed by atoms with van der Waals surface area (Å²) in [7, 11) is 3.23. The minimum Gasteiger partial charge on any atom is -0.497 e. The second-order valence-electron chi connectivity index (χ2n) is 5.62. The lowest BCUT2D eigenvalue weighted by Gasteiger charge is -2.12. The molecule has 1 heterocycles. The summed E-state index contributed by atoms with van der Waals surface area (Å²) in [5.41, 5.74) is 3.90. The summed E-state index contributed by atoms with van der Waals surface area (Å²) < 4.78 is 16.5. The van der Waals surface area contributed by atoms with Gasteiger partial charge in [0.25, 0.3) is 0 Å². The van der Waals surface area contributed by atoms with Gasteiger partial charge in [-0.1, -0.05) is 18.3 Å². The van der Waals surface area contributed by atoms with Crippen LogP contribution in [0.5, 0.6) is 11.5 Å². The second kappa shape index (κ2) is 6.53. The van der Waals surface area contributed by atoms with Gasteiger partial charge in [0, 0.05) is 11.5 Å². The van der Waals surface area contributed by atoms with Gasteiger partial charge in [0.1, 0.15) is 22.1 Å². The highest BCUT2D eigenvalue weighted by atomic mass is 32.1. The Hall–Kier alpha value is -2.53. The van der Waals surface area contributed by atoms with Crippen molar-refractivity contribution in [2.45, 2.75) is 13.8 Å². The third-order valence-electron chi connectivity index (χ3n) is 3.87. The number of furan rings is 1. The van der Waals surface area contributed by atoms with Crippen molar-refractivity contribution < 1.29 is 13.9 Å². The number of benzene rings is 2. The highest BCUT2D eigenvalue weighted by Crippen LogP contribution is 2.30. The molecule has 124 valence electrons.